The number of carbonyl (C=O) groups excluding carboxylic acids is 1. The molecule has 0 saturated carbocycles. The summed E-state index contributed by atoms with van der Waals surface area (Å²) in [5, 5.41) is 13.5. The number of hydrogen-bond donors (Lipinski definition) is 2. The molecule has 0 aliphatic carbocycles. The van der Waals surface area contributed by atoms with Crippen LogP contribution in [0.3, 0.4) is 0 Å². The molecule has 1 amide bonds. The van der Waals surface area contributed by atoms with E-state index < -0.39 is 11.5 Å². The zero-order valence-electron chi connectivity index (χ0n) is 21.0. The van der Waals surface area contributed by atoms with Gasteiger partial charge in [-0.05, 0) is 48.7 Å². The van der Waals surface area contributed by atoms with E-state index in [4.69, 9.17) is 23.4 Å². The average Bonchev–Trinajstić information content (AvgIpc) is 2.87. The molecule has 0 bridgehead atoms. The Bertz CT molecular complexity index is 1220. The van der Waals surface area contributed by atoms with Crippen LogP contribution in [0.2, 0.25) is 0 Å². The molecule has 0 aliphatic heterocycles. The molecule has 36 heavy (non-hydrogen) atoms. The van der Waals surface area contributed by atoms with Gasteiger partial charge in [-0.15, -0.1) is 0 Å². The summed E-state index contributed by atoms with van der Waals surface area (Å²) >= 11 is 0. The Morgan fingerprint density at radius 3 is 2.14 bits per heavy atom. The Morgan fingerprint density at radius 2 is 1.61 bits per heavy atom. The number of nitrogens with one attached hydrogen (secondary N) is 1. The van der Waals surface area contributed by atoms with E-state index in [1.807, 2.05) is 24.3 Å². The van der Waals surface area contributed by atoms with Gasteiger partial charge in [-0.1, -0.05) is 12.1 Å². The normalized spacial score (nSPS) is 11.5. The van der Waals surface area contributed by atoms with E-state index in [-0.39, 0.29) is 29.4 Å². The van der Waals surface area contributed by atoms with Crippen molar-refractivity contribution < 1.29 is 33.3 Å². The quantitative estimate of drug-likeness (QED) is 0.413. The summed E-state index contributed by atoms with van der Waals surface area (Å²) in [5.74, 6) is 0.695. The van der Waals surface area contributed by atoms with Gasteiger partial charge in [-0.3, -0.25) is 4.79 Å². The summed E-state index contributed by atoms with van der Waals surface area (Å²) in [5.41, 5.74) is 0.799. The van der Waals surface area contributed by atoms with Crippen molar-refractivity contribution in [3.8, 4) is 28.7 Å². The van der Waals surface area contributed by atoms with Crippen molar-refractivity contribution in [1.29, 1.82) is 0 Å². The number of amides is 1. The maximum absolute atomic E-state index is 13.0. The van der Waals surface area contributed by atoms with Crippen LogP contribution < -0.4 is 29.9 Å². The van der Waals surface area contributed by atoms with Gasteiger partial charge in [0.25, 0.3) is 0 Å². The monoisotopic (exact) mass is 497 g/mol. The summed E-state index contributed by atoms with van der Waals surface area (Å²) in [6.07, 6.45) is 0.491. The summed E-state index contributed by atoms with van der Waals surface area (Å²) < 4.78 is 26.7. The molecule has 2 aromatic carbocycles. The van der Waals surface area contributed by atoms with Crippen LogP contribution in [0, 0.1) is 6.92 Å². The van der Waals surface area contributed by atoms with Gasteiger partial charge in [0.05, 0.1) is 34.0 Å². The van der Waals surface area contributed by atoms with Crippen molar-refractivity contribution in [2.24, 2.45) is 0 Å². The van der Waals surface area contributed by atoms with E-state index in [1.54, 1.807) is 26.2 Å². The molecular formula is C27H31NO8. The Labute approximate surface area is 209 Å². The van der Waals surface area contributed by atoms with Crippen LogP contribution in [0.5, 0.6) is 28.7 Å². The molecule has 9 heteroatoms. The summed E-state index contributed by atoms with van der Waals surface area (Å²) in [6.45, 7) is 1.95. The van der Waals surface area contributed by atoms with Crippen LogP contribution in [0.25, 0.3) is 0 Å². The molecule has 0 saturated heterocycles. The highest BCUT2D eigenvalue weighted by Gasteiger charge is 2.28. The molecule has 0 radical (unpaired) electrons. The minimum absolute atomic E-state index is 0.0276. The first kappa shape index (κ1) is 26.5. The van der Waals surface area contributed by atoms with Crippen LogP contribution in [0.4, 0.5) is 0 Å². The third-order valence-electron chi connectivity index (χ3n) is 5.81. The highest BCUT2D eigenvalue weighted by Crippen LogP contribution is 2.42. The Morgan fingerprint density at radius 1 is 0.972 bits per heavy atom. The van der Waals surface area contributed by atoms with Gasteiger partial charge >= 0.3 is 5.63 Å². The maximum atomic E-state index is 13.0. The number of methoxy groups -OCH3 is 4. The molecule has 0 spiro atoms. The maximum Gasteiger partial charge on any atom is 0.343 e. The third-order valence-corrected chi connectivity index (χ3v) is 5.81. The Balaban J connectivity index is 1.90. The number of carbonyl (C=O) groups is 1. The van der Waals surface area contributed by atoms with Gasteiger partial charge in [-0.2, -0.15) is 0 Å². The van der Waals surface area contributed by atoms with Crippen molar-refractivity contribution >= 4 is 5.91 Å². The molecular weight excluding hydrogens is 466 g/mol. The fourth-order valence-electron chi connectivity index (χ4n) is 4.01. The van der Waals surface area contributed by atoms with Crippen molar-refractivity contribution in [1.82, 2.24) is 5.32 Å². The highest BCUT2D eigenvalue weighted by molar-refractivity contribution is 5.78. The second-order valence-corrected chi connectivity index (χ2v) is 8.11. The predicted octanol–water partition coefficient (Wildman–Crippen LogP) is 3.57. The van der Waals surface area contributed by atoms with Crippen molar-refractivity contribution in [2.75, 3.05) is 35.0 Å². The highest BCUT2D eigenvalue weighted by atomic mass is 16.5. The first-order valence-corrected chi connectivity index (χ1v) is 11.3. The smallest absolute Gasteiger partial charge is 0.343 e. The molecule has 2 N–H and O–H groups in total. The second kappa shape index (κ2) is 12.0. The number of hydrogen-bond acceptors (Lipinski definition) is 8. The van der Waals surface area contributed by atoms with E-state index in [2.05, 4.69) is 5.32 Å². The Kier molecular flexibility index (Phi) is 8.83. The van der Waals surface area contributed by atoms with Gasteiger partial charge in [-0.25, -0.2) is 4.79 Å². The molecule has 1 heterocycles. The van der Waals surface area contributed by atoms with Gasteiger partial charge < -0.3 is 33.8 Å². The lowest BCUT2D eigenvalue weighted by Crippen LogP contribution is -2.28. The lowest BCUT2D eigenvalue weighted by molar-refractivity contribution is -0.121. The van der Waals surface area contributed by atoms with Gasteiger partial charge in [0.2, 0.25) is 11.7 Å². The average molecular weight is 498 g/mol. The zero-order valence-corrected chi connectivity index (χ0v) is 21.0. The standard InChI is InChI=1S/C27H31NO8/c1-16-12-21(29)25(27(31)36-16)20(18-13-22(33-3)26(35-5)23(14-18)34-4)15-24(30)28-11-10-17-6-8-19(32-2)9-7-17/h6-9,12-14,20,29H,10-11,15H2,1-5H3,(H,28,30). The second-order valence-electron chi connectivity index (χ2n) is 8.11. The van der Waals surface area contributed by atoms with Crippen molar-refractivity contribution in [3.63, 3.8) is 0 Å². The van der Waals surface area contributed by atoms with Crippen molar-refractivity contribution in [3.05, 3.63) is 75.3 Å². The molecule has 0 fully saturated rings. The number of benzene rings is 2. The van der Waals surface area contributed by atoms with Crippen LogP contribution in [0.15, 0.2) is 51.7 Å². The zero-order chi connectivity index (χ0) is 26.2. The summed E-state index contributed by atoms with van der Waals surface area (Å²) in [4.78, 5) is 25.8. The van der Waals surface area contributed by atoms with E-state index >= 15 is 0 Å². The number of rotatable bonds is 11. The molecule has 3 rings (SSSR count). The predicted molar refractivity (Wildman–Crippen MR) is 134 cm³/mol. The lowest BCUT2D eigenvalue weighted by Gasteiger charge is -2.21. The van der Waals surface area contributed by atoms with Crippen molar-refractivity contribution in [2.45, 2.75) is 25.7 Å². The molecule has 9 nitrogen and oxygen atoms in total. The number of ether oxygens (including phenoxy) is 4. The van der Waals surface area contributed by atoms with Crippen LogP contribution in [-0.2, 0) is 11.2 Å². The first-order chi connectivity index (χ1) is 17.3. The molecule has 1 atom stereocenters. The lowest BCUT2D eigenvalue weighted by atomic mass is 9.88. The summed E-state index contributed by atoms with van der Waals surface area (Å²) in [6, 6.07) is 12.2. The number of aryl methyl sites for hydroxylation is 1. The number of aromatic hydroxyl groups is 1. The minimum Gasteiger partial charge on any atom is -0.507 e. The van der Waals surface area contributed by atoms with Gasteiger partial charge in [0.15, 0.2) is 11.5 Å². The van der Waals surface area contributed by atoms with E-state index in [1.165, 1.54) is 27.4 Å². The van der Waals surface area contributed by atoms with Crippen LogP contribution in [-0.4, -0.2) is 46.0 Å². The molecule has 3 aromatic rings. The fourth-order valence-corrected chi connectivity index (χ4v) is 4.01. The molecule has 192 valence electrons. The topological polar surface area (TPSA) is 116 Å². The van der Waals surface area contributed by atoms with Crippen LogP contribution >= 0.6 is 0 Å². The van der Waals surface area contributed by atoms with E-state index in [0.29, 0.717) is 35.8 Å². The molecule has 1 unspecified atom stereocenters. The fraction of sp³-hybridized carbons (Fsp3) is 0.333. The Hall–Kier alpha value is -4.14. The van der Waals surface area contributed by atoms with E-state index in [9.17, 15) is 14.7 Å². The van der Waals surface area contributed by atoms with Gasteiger partial charge in [0.1, 0.15) is 17.3 Å². The third kappa shape index (κ3) is 6.10. The largest absolute Gasteiger partial charge is 0.507 e. The van der Waals surface area contributed by atoms with Crippen LogP contribution in [0.1, 0.15) is 34.8 Å². The SMILES string of the molecule is COc1ccc(CCNC(=O)CC(c2cc(OC)c(OC)c(OC)c2)c2c(O)cc(C)oc2=O)cc1. The van der Waals surface area contributed by atoms with Gasteiger partial charge in [0, 0.05) is 24.9 Å². The molecule has 1 aromatic heterocycles. The van der Waals surface area contributed by atoms with E-state index in [0.717, 1.165) is 11.3 Å². The first-order valence-electron chi connectivity index (χ1n) is 11.3. The summed E-state index contributed by atoms with van der Waals surface area (Å²) in [7, 11) is 6.03. The minimum atomic E-state index is -0.837. The molecule has 0 aliphatic rings.